The second-order valence-corrected chi connectivity index (χ2v) is 3.48. The molecule has 0 fully saturated rings. The van der Waals surface area contributed by atoms with Crippen molar-refractivity contribution in [3.05, 3.63) is 36.0 Å². The highest BCUT2D eigenvalue weighted by Crippen LogP contribution is 2.22. The van der Waals surface area contributed by atoms with Crippen LogP contribution in [0.25, 0.3) is 10.9 Å². The Kier molecular flexibility index (Phi) is 2.59. The Morgan fingerprint density at radius 3 is 2.94 bits per heavy atom. The maximum Gasteiger partial charge on any atom is 0.204 e. The van der Waals surface area contributed by atoms with Crippen LogP contribution in [-0.4, -0.2) is 10.9 Å². The van der Waals surface area contributed by atoms with Crippen molar-refractivity contribution >= 4 is 22.5 Å². The highest BCUT2D eigenvalue weighted by atomic mass is 15.4. The van der Waals surface area contributed by atoms with E-state index in [2.05, 4.69) is 15.8 Å². The third-order valence-corrected chi connectivity index (χ3v) is 2.36. The fraction of sp³-hybridized carbons (Fsp3) is 0.0909. The Balaban J connectivity index is 2.40. The number of hydrogen-bond donors (Lipinski definition) is 4. The number of anilines is 1. The molecule has 82 valence electrons. The first-order chi connectivity index (χ1) is 7.68. The minimum absolute atomic E-state index is 0.125. The van der Waals surface area contributed by atoms with Gasteiger partial charge in [0.25, 0.3) is 0 Å². The van der Waals surface area contributed by atoms with Crippen molar-refractivity contribution < 1.29 is 0 Å². The molecule has 0 saturated heterocycles. The normalized spacial score (nSPS) is 10.1. The van der Waals surface area contributed by atoms with Gasteiger partial charge in [-0.3, -0.25) is 21.2 Å². The molecule has 5 nitrogen and oxygen atoms in total. The third-order valence-electron chi connectivity index (χ3n) is 2.36. The van der Waals surface area contributed by atoms with E-state index in [1.54, 1.807) is 6.20 Å². The van der Waals surface area contributed by atoms with E-state index in [-0.39, 0.29) is 5.96 Å². The van der Waals surface area contributed by atoms with Crippen LogP contribution in [0.4, 0.5) is 5.69 Å². The van der Waals surface area contributed by atoms with Crippen molar-refractivity contribution in [3.63, 3.8) is 0 Å². The molecule has 0 unspecified atom stereocenters. The molecule has 0 aliphatic heterocycles. The Morgan fingerprint density at radius 2 is 2.19 bits per heavy atom. The molecule has 0 atom stereocenters. The van der Waals surface area contributed by atoms with E-state index in [4.69, 9.17) is 11.1 Å². The molecule has 0 amide bonds. The molecule has 1 aromatic carbocycles. The van der Waals surface area contributed by atoms with Crippen LogP contribution in [-0.2, 0) is 0 Å². The van der Waals surface area contributed by atoms with Gasteiger partial charge in [-0.05, 0) is 19.1 Å². The Hall–Kier alpha value is -2.30. The average Bonchev–Trinajstić information content (AvgIpc) is 2.28. The molecule has 0 aliphatic rings. The predicted molar refractivity (Wildman–Crippen MR) is 65.2 cm³/mol. The van der Waals surface area contributed by atoms with E-state index in [0.717, 1.165) is 22.2 Å². The molecule has 16 heavy (non-hydrogen) atoms. The van der Waals surface area contributed by atoms with Gasteiger partial charge in [0.15, 0.2) is 0 Å². The van der Waals surface area contributed by atoms with Crippen molar-refractivity contribution in [2.45, 2.75) is 6.92 Å². The summed E-state index contributed by atoms with van der Waals surface area (Å²) >= 11 is 0. The number of nitrogens with one attached hydrogen (secondary N) is 3. The Morgan fingerprint density at radius 1 is 1.38 bits per heavy atom. The first-order valence-corrected chi connectivity index (χ1v) is 4.89. The van der Waals surface area contributed by atoms with E-state index in [1.807, 2.05) is 31.2 Å². The number of benzene rings is 1. The van der Waals surface area contributed by atoms with Gasteiger partial charge in [0.1, 0.15) is 0 Å². The van der Waals surface area contributed by atoms with Crippen LogP contribution in [0.2, 0.25) is 0 Å². The van der Waals surface area contributed by atoms with Crippen LogP contribution >= 0.6 is 0 Å². The van der Waals surface area contributed by atoms with Gasteiger partial charge >= 0.3 is 0 Å². The van der Waals surface area contributed by atoms with Crippen molar-refractivity contribution in [2.24, 2.45) is 5.73 Å². The molecule has 0 aliphatic carbocycles. The van der Waals surface area contributed by atoms with Gasteiger partial charge in [-0.15, -0.1) is 0 Å². The summed E-state index contributed by atoms with van der Waals surface area (Å²) in [6, 6.07) is 7.81. The molecular weight excluding hydrogens is 202 g/mol. The van der Waals surface area contributed by atoms with Gasteiger partial charge in [-0.25, -0.2) is 0 Å². The number of pyridine rings is 1. The van der Waals surface area contributed by atoms with Crippen LogP contribution in [0.1, 0.15) is 5.56 Å². The van der Waals surface area contributed by atoms with E-state index >= 15 is 0 Å². The molecule has 0 bridgehead atoms. The maximum atomic E-state index is 7.07. The number of hydrazine groups is 1. The fourth-order valence-electron chi connectivity index (χ4n) is 1.56. The van der Waals surface area contributed by atoms with E-state index in [0.29, 0.717) is 0 Å². The predicted octanol–water partition coefficient (Wildman–Crippen LogP) is 1.35. The van der Waals surface area contributed by atoms with Crippen LogP contribution in [0.15, 0.2) is 30.5 Å². The van der Waals surface area contributed by atoms with Crippen molar-refractivity contribution in [1.29, 1.82) is 5.41 Å². The highest BCUT2D eigenvalue weighted by molar-refractivity contribution is 5.87. The van der Waals surface area contributed by atoms with E-state index in [9.17, 15) is 0 Å². The number of aryl methyl sites for hydroxylation is 1. The Bertz CT molecular complexity index is 535. The lowest BCUT2D eigenvalue weighted by molar-refractivity contribution is 1.07. The zero-order valence-corrected chi connectivity index (χ0v) is 8.91. The summed E-state index contributed by atoms with van der Waals surface area (Å²) in [6.45, 7) is 1.97. The number of fused-ring (bicyclic) bond motifs is 1. The van der Waals surface area contributed by atoms with Gasteiger partial charge in [-0.1, -0.05) is 12.1 Å². The summed E-state index contributed by atoms with van der Waals surface area (Å²) < 4.78 is 0. The van der Waals surface area contributed by atoms with Gasteiger partial charge in [-0.2, -0.15) is 0 Å². The molecule has 0 spiro atoms. The van der Waals surface area contributed by atoms with Crippen LogP contribution in [0.3, 0.4) is 0 Å². The van der Waals surface area contributed by atoms with Gasteiger partial charge in [0, 0.05) is 17.1 Å². The maximum absolute atomic E-state index is 7.07. The lowest BCUT2D eigenvalue weighted by Gasteiger charge is -2.11. The lowest BCUT2D eigenvalue weighted by atomic mass is 10.1. The molecule has 1 heterocycles. The number of guanidine groups is 1. The summed E-state index contributed by atoms with van der Waals surface area (Å²) in [6.07, 6.45) is 1.76. The summed E-state index contributed by atoms with van der Waals surface area (Å²) in [4.78, 5) is 4.32. The van der Waals surface area contributed by atoms with Gasteiger partial charge < -0.3 is 5.73 Å². The smallest absolute Gasteiger partial charge is 0.204 e. The average molecular weight is 215 g/mol. The Labute approximate surface area is 93.2 Å². The van der Waals surface area contributed by atoms with E-state index in [1.165, 1.54) is 0 Å². The zero-order valence-electron chi connectivity index (χ0n) is 8.91. The molecular formula is C11H13N5. The molecule has 5 N–H and O–H groups in total. The largest absolute Gasteiger partial charge is 0.369 e. The highest BCUT2D eigenvalue weighted by Gasteiger charge is 2.03. The second kappa shape index (κ2) is 4.06. The van der Waals surface area contributed by atoms with Crippen molar-refractivity contribution in [3.8, 4) is 0 Å². The monoisotopic (exact) mass is 215 g/mol. The summed E-state index contributed by atoms with van der Waals surface area (Å²) in [5.41, 5.74) is 13.4. The number of hydrogen-bond acceptors (Lipinski definition) is 3. The van der Waals surface area contributed by atoms with Crippen molar-refractivity contribution in [2.75, 3.05) is 5.43 Å². The summed E-state index contributed by atoms with van der Waals surface area (Å²) in [5.74, 6) is -0.125. The minimum atomic E-state index is -0.125. The summed E-state index contributed by atoms with van der Waals surface area (Å²) in [7, 11) is 0. The number of nitrogens with two attached hydrogens (primary N) is 1. The van der Waals surface area contributed by atoms with Crippen LogP contribution in [0.5, 0.6) is 0 Å². The number of nitrogens with zero attached hydrogens (tertiary/aromatic N) is 1. The third kappa shape index (κ3) is 1.88. The van der Waals surface area contributed by atoms with Gasteiger partial charge in [0.2, 0.25) is 5.96 Å². The molecule has 2 rings (SSSR count). The molecule has 5 heteroatoms. The lowest BCUT2D eigenvalue weighted by Crippen LogP contribution is -2.35. The first-order valence-electron chi connectivity index (χ1n) is 4.89. The molecule has 2 aromatic rings. The topological polar surface area (TPSA) is 86.8 Å². The SMILES string of the molecule is Cc1c(NNC(=N)N)ccc2cccnc12. The zero-order chi connectivity index (χ0) is 11.5. The number of aromatic nitrogens is 1. The second-order valence-electron chi connectivity index (χ2n) is 3.48. The standard InChI is InChI=1S/C11H13N5/c1-7-9(15-16-11(12)13)5-4-8-3-2-6-14-10(7)8/h2-6,15H,1H3,(H4,12,13,16). The number of rotatable bonds is 2. The van der Waals surface area contributed by atoms with Crippen LogP contribution in [0, 0.1) is 12.3 Å². The summed E-state index contributed by atoms with van der Waals surface area (Å²) in [5, 5.41) is 8.16. The van der Waals surface area contributed by atoms with E-state index < -0.39 is 0 Å². The van der Waals surface area contributed by atoms with Crippen molar-refractivity contribution in [1.82, 2.24) is 10.4 Å². The minimum Gasteiger partial charge on any atom is -0.369 e. The fourth-order valence-corrected chi connectivity index (χ4v) is 1.56. The van der Waals surface area contributed by atoms with Crippen LogP contribution < -0.4 is 16.6 Å². The van der Waals surface area contributed by atoms with Gasteiger partial charge in [0.05, 0.1) is 11.2 Å². The molecule has 0 saturated carbocycles. The quantitative estimate of drug-likeness (QED) is 0.346. The molecule has 0 radical (unpaired) electrons. The first kappa shape index (κ1) is 10.2. The molecule has 1 aromatic heterocycles.